The van der Waals surface area contributed by atoms with E-state index < -0.39 is 0 Å². The van der Waals surface area contributed by atoms with Crippen molar-refractivity contribution in [3.8, 4) is 0 Å². The normalized spacial score (nSPS) is 23.6. The van der Waals surface area contributed by atoms with Crippen LogP contribution in [0.3, 0.4) is 0 Å². The van der Waals surface area contributed by atoms with E-state index in [1.807, 2.05) is 6.92 Å². The first-order chi connectivity index (χ1) is 6.34. The van der Waals surface area contributed by atoms with E-state index in [0.717, 1.165) is 19.3 Å². The van der Waals surface area contributed by atoms with Crippen LogP contribution >= 0.6 is 21.6 Å². The van der Waals surface area contributed by atoms with Crippen molar-refractivity contribution >= 4 is 27.6 Å². The van der Waals surface area contributed by atoms with Gasteiger partial charge in [-0.15, -0.1) is 0 Å². The maximum atomic E-state index is 11.5. The van der Waals surface area contributed by atoms with E-state index in [1.54, 1.807) is 21.6 Å². The summed E-state index contributed by atoms with van der Waals surface area (Å²) in [4.78, 5) is 11.5. The minimum Gasteiger partial charge on any atom is -0.465 e. The molecule has 0 aromatic heterocycles. The molecule has 0 amide bonds. The number of carbonyl (C=O) groups excluding carboxylic acids is 1. The number of rotatable bonds is 3. The summed E-state index contributed by atoms with van der Waals surface area (Å²) in [6, 6.07) is 0. The predicted molar refractivity (Wildman–Crippen MR) is 58.9 cm³/mol. The Morgan fingerprint density at radius 1 is 1.54 bits per heavy atom. The van der Waals surface area contributed by atoms with Crippen LogP contribution in [0, 0.1) is 0 Å². The molecule has 0 spiro atoms. The molecular formula is C9H16O2S2. The van der Waals surface area contributed by atoms with Crippen molar-refractivity contribution < 1.29 is 9.53 Å². The first kappa shape index (κ1) is 11.2. The van der Waals surface area contributed by atoms with Crippen molar-refractivity contribution in [3.63, 3.8) is 0 Å². The van der Waals surface area contributed by atoms with Crippen LogP contribution in [0.25, 0.3) is 0 Å². The Bertz CT molecular complexity index is 154. The van der Waals surface area contributed by atoms with Crippen molar-refractivity contribution in [2.75, 3.05) is 12.4 Å². The van der Waals surface area contributed by atoms with Crippen molar-refractivity contribution in [1.29, 1.82) is 0 Å². The van der Waals surface area contributed by atoms with Gasteiger partial charge < -0.3 is 4.74 Å². The second-order valence-electron chi connectivity index (χ2n) is 3.07. The minimum atomic E-state index is -0.0127. The largest absolute Gasteiger partial charge is 0.465 e. The summed E-state index contributed by atoms with van der Waals surface area (Å²) in [6.45, 7) is 2.59. The standard InChI is InChI=1S/C9H16O2S2/c1-2-6-11-9(10)8-5-3-4-7-12-13-8/h8H,2-7H2,1H3. The molecule has 4 heteroatoms. The minimum absolute atomic E-state index is 0.0127. The van der Waals surface area contributed by atoms with Crippen LogP contribution in [0.15, 0.2) is 0 Å². The lowest BCUT2D eigenvalue weighted by molar-refractivity contribution is -0.143. The molecule has 1 rings (SSSR count). The van der Waals surface area contributed by atoms with Gasteiger partial charge in [0.2, 0.25) is 0 Å². The van der Waals surface area contributed by atoms with Crippen LogP contribution in [-0.2, 0) is 9.53 Å². The summed E-state index contributed by atoms with van der Waals surface area (Å²) in [7, 11) is 3.49. The molecule has 2 nitrogen and oxygen atoms in total. The van der Waals surface area contributed by atoms with Gasteiger partial charge in [-0.05, 0) is 19.3 Å². The van der Waals surface area contributed by atoms with Crippen LogP contribution < -0.4 is 0 Å². The molecule has 0 aromatic rings. The number of esters is 1. The number of ether oxygens (including phenoxy) is 1. The Morgan fingerprint density at radius 3 is 3.15 bits per heavy atom. The Hall–Kier alpha value is 0.170. The van der Waals surface area contributed by atoms with E-state index >= 15 is 0 Å². The maximum absolute atomic E-state index is 11.5. The summed E-state index contributed by atoms with van der Waals surface area (Å²) >= 11 is 0. The quantitative estimate of drug-likeness (QED) is 0.539. The molecule has 1 aliphatic heterocycles. The van der Waals surface area contributed by atoms with E-state index in [-0.39, 0.29) is 11.2 Å². The Balaban J connectivity index is 2.26. The number of carbonyl (C=O) groups is 1. The lowest BCUT2D eigenvalue weighted by Gasteiger charge is -2.11. The molecular weight excluding hydrogens is 204 g/mol. The van der Waals surface area contributed by atoms with Crippen LogP contribution in [0.1, 0.15) is 32.6 Å². The summed E-state index contributed by atoms with van der Waals surface area (Å²) in [5.74, 6) is 1.16. The highest BCUT2D eigenvalue weighted by Gasteiger charge is 2.22. The van der Waals surface area contributed by atoms with Crippen molar-refractivity contribution in [1.82, 2.24) is 0 Å². The van der Waals surface area contributed by atoms with Gasteiger partial charge in [0, 0.05) is 5.75 Å². The third-order valence-electron chi connectivity index (χ3n) is 1.84. The molecule has 0 N–H and O–H groups in total. The zero-order valence-corrected chi connectivity index (χ0v) is 9.59. The first-order valence-corrected chi connectivity index (χ1v) is 7.17. The predicted octanol–water partition coefficient (Wildman–Crippen LogP) is 2.87. The molecule has 1 unspecified atom stereocenters. The second-order valence-corrected chi connectivity index (χ2v) is 5.76. The first-order valence-electron chi connectivity index (χ1n) is 4.79. The number of hydrogen-bond donors (Lipinski definition) is 0. The summed E-state index contributed by atoms with van der Waals surface area (Å²) in [5, 5.41) is 0.0825. The average Bonchev–Trinajstić information content (AvgIpc) is 2.42. The summed E-state index contributed by atoms with van der Waals surface area (Å²) < 4.78 is 5.11. The van der Waals surface area contributed by atoms with Gasteiger partial charge in [-0.3, -0.25) is 4.79 Å². The van der Waals surface area contributed by atoms with Crippen molar-refractivity contribution in [2.24, 2.45) is 0 Å². The highest BCUT2D eigenvalue weighted by Crippen LogP contribution is 2.34. The lowest BCUT2D eigenvalue weighted by atomic mass is 10.2. The highest BCUT2D eigenvalue weighted by atomic mass is 33.1. The second kappa shape index (κ2) is 6.60. The van der Waals surface area contributed by atoms with Crippen molar-refractivity contribution in [3.05, 3.63) is 0 Å². The van der Waals surface area contributed by atoms with Gasteiger partial charge in [-0.25, -0.2) is 0 Å². The van der Waals surface area contributed by atoms with Crippen LogP contribution in [-0.4, -0.2) is 23.6 Å². The fourth-order valence-corrected chi connectivity index (χ4v) is 3.77. The molecule has 0 aliphatic carbocycles. The SMILES string of the molecule is CCCOC(=O)C1CCCCSS1. The Kier molecular flexibility index (Phi) is 5.71. The zero-order chi connectivity index (χ0) is 9.52. The van der Waals surface area contributed by atoms with E-state index in [9.17, 15) is 4.79 Å². The maximum Gasteiger partial charge on any atom is 0.319 e. The van der Waals surface area contributed by atoms with Crippen LogP contribution in [0.5, 0.6) is 0 Å². The van der Waals surface area contributed by atoms with E-state index in [4.69, 9.17) is 4.74 Å². The smallest absolute Gasteiger partial charge is 0.319 e. The lowest BCUT2D eigenvalue weighted by Crippen LogP contribution is -2.19. The molecule has 76 valence electrons. The molecule has 0 bridgehead atoms. The fraction of sp³-hybridized carbons (Fsp3) is 0.889. The van der Waals surface area contributed by atoms with Gasteiger partial charge in [0.15, 0.2) is 0 Å². The van der Waals surface area contributed by atoms with E-state index in [1.165, 1.54) is 12.2 Å². The van der Waals surface area contributed by atoms with E-state index in [0.29, 0.717) is 6.61 Å². The van der Waals surface area contributed by atoms with Gasteiger partial charge in [0.05, 0.1) is 6.61 Å². The van der Waals surface area contributed by atoms with Gasteiger partial charge in [-0.2, -0.15) is 0 Å². The Labute approximate surface area is 87.6 Å². The van der Waals surface area contributed by atoms with E-state index in [2.05, 4.69) is 0 Å². The molecule has 0 saturated carbocycles. The van der Waals surface area contributed by atoms with Gasteiger partial charge in [-0.1, -0.05) is 34.9 Å². The van der Waals surface area contributed by atoms with Crippen molar-refractivity contribution in [2.45, 2.75) is 37.9 Å². The third-order valence-corrected chi connectivity index (χ3v) is 4.70. The molecule has 1 fully saturated rings. The fourth-order valence-electron chi connectivity index (χ4n) is 1.12. The van der Waals surface area contributed by atoms with Crippen LogP contribution in [0.4, 0.5) is 0 Å². The molecule has 0 aromatic carbocycles. The monoisotopic (exact) mass is 220 g/mol. The zero-order valence-electron chi connectivity index (χ0n) is 7.95. The molecule has 1 saturated heterocycles. The van der Waals surface area contributed by atoms with Gasteiger partial charge in [0.1, 0.15) is 5.25 Å². The molecule has 0 radical (unpaired) electrons. The average molecular weight is 220 g/mol. The molecule has 1 atom stereocenters. The molecule has 1 aliphatic rings. The summed E-state index contributed by atoms with van der Waals surface area (Å²) in [6.07, 6.45) is 4.29. The van der Waals surface area contributed by atoms with Crippen LogP contribution in [0.2, 0.25) is 0 Å². The molecule has 1 heterocycles. The van der Waals surface area contributed by atoms with Gasteiger partial charge in [0.25, 0.3) is 0 Å². The highest BCUT2D eigenvalue weighted by molar-refractivity contribution is 8.77. The topological polar surface area (TPSA) is 26.3 Å². The number of hydrogen-bond acceptors (Lipinski definition) is 4. The molecule has 13 heavy (non-hydrogen) atoms. The van der Waals surface area contributed by atoms with Gasteiger partial charge >= 0.3 is 5.97 Å². The summed E-state index contributed by atoms with van der Waals surface area (Å²) in [5.41, 5.74) is 0. The Morgan fingerprint density at radius 2 is 2.38 bits per heavy atom. The third kappa shape index (κ3) is 4.27.